The summed E-state index contributed by atoms with van der Waals surface area (Å²) in [6.07, 6.45) is 3.66. The SMILES string of the molecule is CC(c1ccco1)N(C(=O)COc1ccc(C#N)cc1)C1CC1. The maximum Gasteiger partial charge on any atom is 0.261 e. The minimum absolute atomic E-state index is 0.0204. The Morgan fingerprint density at radius 3 is 2.70 bits per heavy atom. The number of hydrogen-bond acceptors (Lipinski definition) is 4. The molecule has 5 nitrogen and oxygen atoms in total. The monoisotopic (exact) mass is 310 g/mol. The van der Waals surface area contributed by atoms with Gasteiger partial charge in [-0.15, -0.1) is 0 Å². The van der Waals surface area contributed by atoms with Crippen LogP contribution in [-0.2, 0) is 4.79 Å². The maximum atomic E-state index is 12.6. The molecule has 23 heavy (non-hydrogen) atoms. The molecule has 1 saturated carbocycles. The molecule has 1 aromatic heterocycles. The molecule has 1 aliphatic carbocycles. The van der Waals surface area contributed by atoms with Crippen molar-refractivity contribution in [3.8, 4) is 11.8 Å². The van der Waals surface area contributed by atoms with Gasteiger partial charge in [-0.1, -0.05) is 0 Å². The normalized spacial score (nSPS) is 14.8. The second kappa shape index (κ2) is 6.57. The minimum atomic E-state index is -0.102. The zero-order valence-corrected chi connectivity index (χ0v) is 12.9. The van der Waals surface area contributed by atoms with Gasteiger partial charge in [0, 0.05) is 6.04 Å². The van der Waals surface area contributed by atoms with Crippen molar-refractivity contribution in [1.29, 1.82) is 5.26 Å². The molecular formula is C18H18N2O3. The number of furan rings is 1. The van der Waals surface area contributed by atoms with E-state index < -0.39 is 0 Å². The number of nitriles is 1. The first-order chi connectivity index (χ1) is 11.2. The van der Waals surface area contributed by atoms with Crippen LogP contribution in [0.4, 0.5) is 0 Å². The Morgan fingerprint density at radius 1 is 1.39 bits per heavy atom. The fourth-order valence-corrected chi connectivity index (χ4v) is 2.60. The minimum Gasteiger partial charge on any atom is -0.484 e. The summed E-state index contributed by atoms with van der Waals surface area (Å²) in [6.45, 7) is 1.95. The zero-order chi connectivity index (χ0) is 16.2. The van der Waals surface area contributed by atoms with Crippen molar-refractivity contribution in [2.24, 2.45) is 0 Å². The molecule has 1 atom stereocenters. The lowest BCUT2D eigenvalue weighted by Crippen LogP contribution is -2.38. The Kier molecular flexibility index (Phi) is 4.33. The second-order valence-electron chi connectivity index (χ2n) is 5.65. The molecule has 3 rings (SSSR count). The highest BCUT2D eigenvalue weighted by atomic mass is 16.5. The van der Waals surface area contributed by atoms with Gasteiger partial charge in [-0.3, -0.25) is 4.79 Å². The molecule has 1 heterocycles. The predicted molar refractivity (Wildman–Crippen MR) is 83.6 cm³/mol. The van der Waals surface area contributed by atoms with Gasteiger partial charge in [0.1, 0.15) is 11.5 Å². The van der Waals surface area contributed by atoms with Crippen LogP contribution < -0.4 is 4.74 Å². The van der Waals surface area contributed by atoms with Gasteiger partial charge in [0.15, 0.2) is 6.61 Å². The van der Waals surface area contributed by atoms with Gasteiger partial charge < -0.3 is 14.1 Å². The van der Waals surface area contributed by atoms with E-state index in [0.717, 1.165) is 18.6 Å². The van der Waals surface area contributed by atoms with E-state index in [1.807, 2.05) is 30.0 Å². The average Bonchev–Trinajstić information content (AvgIpc) is 3.25. The Hall–Kier alpha value is -2.74. The van der Waals surface area contributed by atoms with Crippen molar-refractivity contribution >= 4 is 5.91 Å². The first-order valence-electron chi connectivity index (χ1n) is 7.66. The number of hydrogen-bond donors (Lipinski definition) is 0. The van der Waals surface area contributed by atoms with E-state index in [4.69, 9.17) is 14.4 Å². The summed E-state index contributed by atoms with van der Waals surface area (Å²) >= 11 is 0. The summed E-state index contributed by atoms with van der Waals surface area (Å²) in [5.41, 5.74) is 0.565. The Labute approximate surface area is 135 Å². The number of ether oxygens (including phenoxy) is 1. The van der Waals surface area contributed by atoms with E-state index in [1.165, 1.54) is 0 Å². The number of amides is 1. The number of benzene rings is 1. The standard InChI is InChI=1S/C18H18N2O3/c1-13(17-3-2-10-22-17)20(15-6-7-15)18(21)12-23-16-8-4-14(11-19)5-9-16/h2-5,8-10,13,15H,6-7,12H2,1H3. The number of carbonyl (C=O) groups excluding carboxylic acids is 1. The molecule has 0 saturated heterocycles. The van der Waals surface area contributed by atoms with Crippen molar-refractivity contribution in [3.05, 3.63) is 54.0 Å². The molecule has 2 aromatic rings. The second-order valence-corrected chi connectivity index (χ2v) is 5.65. The van der Waals surface area contributed by atoms with Gasteiger partial charge in [0.2, 0.25) is 0 Å². The van der Waals surface area contributed by atoms with Crippen LogP contribution in [0.25, 0.3) is 0 Å². The third kappa shape index (κ3) is 3.54. The summed E-state index contributed by atoms with van der Waals surface area (Å²) in [5.74, 6) is 1.31. The van der Waals surface area contributed by atoms with E-state index in [0.29, 0.717) is 11.3 Å². The van der Waals surface area contributed by atoms with E-state index in [-0.39, 0.29) is 24.6 Å². The van der Waals surface area contributed by atoms with Crippen molar-refractivity contribution in [1.82, 2.24) is 4.90 Å². The summed E-state index contributed by atoms with van der Waals surface area (Å²) < 4.78 is 11.0. The quantitative estimate of drug-likeness (QED) is 0.821. The van der Waals surface area contributed by atoms with Crippen molar-refractivity contribution in [2.75, 3.05) is 6.61 Å². The van der Waals surface area contributed by atoms with Crippen molar-refractivity contribution in [2.45, 2.75) is 31.8 Å². The van der Waals surface area contributed by atoms with Gasteiger partial charge in [0.25, 0.3) is 5.91 Å². The molecular weight excluding hydrogens is 292 g/mol. The highest BCUT2D eigenvalue weighted by Crippen LogP contribution is 2.34. The maximum absolute atomic E-state index is 12.6. The molecule has 1 aromatic carbocycles. The molecule has 0 bridgehead atoms. The molecule has 0 aliphatic heterocycles. The molecule has 5 heteroatoms. The van der Waals surface area contributed by atoms with Crippen LogP contribution in [0.2, 0.25) is 0 Å². The third-order valence-corrected chi connectivity index (χ3v) is 3.95. The number of carbonyl (C=O) groups is 1. The topological polar surface area (TPSA) is 66.5 Å². The first-order valence-corrected chi connectivity index (χ1v) is 7.66. The molecule has 1 unspecified atom stereocenters. The van der Waals surface area contributed by atoms with Crippen LogP contribution in [0.3, 0.4) is 0 Å². The van der Waals surface area contributed by atoms with Gasteiger partial charge in [-0.2, -0.15) is 5.26 Å². The van der Waals surface area contributed by atoms with Crippen molar-refractivity contribution < 1.29 is 13.9 Å². The fourth-order valence-electron chi connectivity index (χ4n) is 2.60. The fraction of sp³-hybridized carbons (Fsp3) is 0.333. The van der Waals surface area contributed by atoms with E-state index in [9.17, 15) is 4.79 Å². The van der Waals surface area contributed by atoms with Gasteiger partial charge in [-0.05, 0) is 56.2 Å². The highest BCUT2D eigenvalue weighted by molar-refractivity contribution is 5.79. The summed E-state index contributed by atoms with van der Waals surface area (Å²) in [7, 11) is 0. The van der Waals surface area contributed by atoms with Crippen LogP contribution in [0, 0.1) is 11.3 Å². The lowest BCUT2D eigenvalue weighted by atomic mass is 10.2. The van der Waals surface area contributed by atoms with Crippen LogP contribution in [-0.4, -0.2) is 23.5 Å². The van der Waals surface area contributed by atoms with E-state index >= 15 is 0 Å². The van der Waals surface area contributed by atoms with Crippen LogP contribution in [0.15, 0.2) is 47.1 Å². The van der Waals surface area contributed by atoms with Gasteiger partial charge in [-0.25, -0.2) is 0 Å². The molecule has 0 radical (unpaired) electrons. The van der Waals surface area contributed by atoms with E-state index in [1.54, 1.807) is 30.5 Å². The zero-order valence-electron chi connectivity index (χ0n) is 12.9. The smallest absolute Gasteiger partial charge is 0.261 e. The van der Waals surface area contributed by atoms with E-state index in [2.05, 4.69) is 0 Å². The van der Waals surface area contributed by atoms with Crippen LogP contribution in [0.5, 0.6) is 5.75 Å². The average molecular weight is 310 g/mol. The molecule has 118 valence electrons. The van der Waals surface area contributed by atoms with Crippen LogP contribution in [0.1, 0.15) is 37.1 Å². The van der Waals surface area contributed by atoms with Gasteiger partial charge in [0.05, 0.1) is 23.9 Å². The lowest BCUT2D eigenvalue weighted by molar-refractivity contribution is -0.136. The Morgan fingerprint density at radius 2 is 2.13 bits per heavy atom. The number of nitrogens with zero attached hydrogens (tertiary/aromatic N) is 2. The lowest BCUT2D eigenvalue weighted by Gasteiger charge is -2.28. The Bertz CT molecular complexity index is 697. The van der Waals surface area contributed by atoms with Gasteiger partial charge >= 0.3 is 0 Å². The molecule has 1 amide bonds. The molecule has 1 aliphatic rings. The molecule has 0 N–H and O–H groups in total. The third-order valence-electron chi connectivity index (χ3n) is 3.95. The van der Waals surface area contributed by atoms with Crippen molar-refractivity contribution in [3.63, 3.8) is 0 Å². The molecule has 1 fully saturated rings. The first kappa shape index (κ1) is 15.2. The largest absolute Gasteiger partial charge is 0.484 e. The Balaban J connectivity index is 1.63. The predicted octanol–water partition coefficient (Wildman–Crippen LogP) is 3.28. The summed E-state index contributed by atoms with van der Waals surface area (Å²) in [5, 5.41) is 8.78. The highest BCUT2D eigenvalue weighted by Gasteiger charge is 2.37. The van der Waals surface area contributed by atoms with Crippen LogP contribution >= 0.6 is 0 Å². The summed E-state index contributed by atoms with van der Waals surface area (Å²) in [4.78, 5) is 14.4. The molecule has 0 spiro atoms. The summed E-state index contributed by atoms with van der Waals surface area (Å²) in [6, 6.07) is 12.7. The number of rotatable bonds is 6.